The van der Waals surface area contributed by atoms with Gasteiger partial charge in [-0.15, -0.1) is 0 Å². The van der Waals surface area contributed by atoms with Gasteiger partial charge in [-0.3, -0.25) is 0 Å². The van der Waals surface area contributed by atoms with Gasteiger partial charge < -0.3 is 0 Å². The SMILES string of the molecule is CC/C(=C/CS(=O)(=NC)c1ccccc1)c1ccccc1. The number of hydrogen-bond donors (Lipinski definition) is 0. The number of benzene rings is 2. The van der Waals surface area contributed by atoms with Gasteiger partial charge in [0.25, 0.3) is 0 Å². The molecule has 0 saturated heterocycles. The summed E-state index contributed by atoms with van der Waals surface area (Å²) in [5.74, 6) is 0.450. The molecule has 0 saturated carbocycles. The molecule has 0 aromatic heterocycles. The zero-order valence-electron chi connectivity index (χ0n) is 12.5. The Morgan fingerprint density at radius 2 is 1.62 bits per heavy atom. The Kier molecular flexibility index (Phi) is 5.34. The maximum Gasteiger partial charge on any atom is 0.0785 e. The van der Waals surface area contributed by atoms with Gasteiger partial charge in [-0.25, -0.2) is 8.57 Å². The van der Waals surface area contributed by atoms with Crippen molar-refractivity contribution in [2.45, 2.75) is 18.2 Å². The highest BCUT2D eigenvalue weighted by Crippen LogP contribution is 2.20. The molecule has 0 heterocycles. The molecule has 0 aliphatic rings. The monoisotopic (exact) mass is 299 g/mol. The van der Waals surface area contributed by atoms with Crippen LogP contribution in [0.4, 0.5) is 0 Å². The lowest BCUT2D eigenvalue weighted by molar-refractivity contribution is 0.678. The Balaban J connectivity index is 2.31. The molecule has 1 unspecified atom stereocenters. The van der Waals surface area contributed by atoms with E-state index in [2.05, 4.69) is 29.5 Å². The minimum atomic E-state index is -2.37. The second kappa shape index (κ2) is 7.23. The predicted molar refractivity (Wildman–Crippen MR) is 90.8 cm³/mol. The van der Waals surface area contributed by atoms with Crippen molar-refractivity contribution in [2.75, 3.05) is 12.8 Å². The highest BCUT2D eigenvalue weighted by atomic mass is 32.2. The van der Waals surface area contributed by atoms with E-state index in [1.165, 1.54) is 11.1 Å². The van der Waals surface area contributed by atoms with Crippen molar-refractivity contribution in [3.8, 4) is 0 Å². The first-order valence-electron chi connectivity index (χ1n) is 7.12. The zero-order chi connectivity index (χ0) is 15.1. The van der Waals surface area contributed by atoms with Crippen LogP contribution in [0.2, 0.25) is 0 Å². The summed E-state index contributed by atoms with van der Waals surface area (Å²) in [4.78, 5) is 0.798. The minimum absolute atomic E-state index is 0.450. The molecular weight excluding hydrogens is 278 g/mol. The second-order valence-electron chi connectivity index (χ2n) is 4.75. The zero-order valence-corrected chi connectivity index (χ0v) is 13.3. The molecule has 3 heteroatoms. The third kappa shape index (κ3) is 3.82. The van der Waals surface area contributed by atoms with Gasteiger partial charge in [-0.1, -0.05) is 61.5 Å². The molecule has 2 aromatic rings. The predicted octanol–water partition coefficient (Wildman–Crippen LogP) is 4.64. The number of allylic oxidation sites excluding steroid dienone is 1. The molecule has 1 atom stereocenters. The molecule has 0 aliphatic heterocycles. The molecule has 0 bridgehead atoms. The van der Waals surface area contributed by atoms with Crippen molar-refractivity contribution in [1.29, 1.82) is 0 Å². The van der Waals surface area contributed by atoms with Gasteiger partial charge in [-0.2, -0.15) is 0 Å². The Morgan fingerprint density at radius 1 is 1.05 bits per heavy atom. The fourth-order valence-electron chi connectivity index (χ4n) is 2.24. The molecule has 2 aromatic carbocycles. The topological polar surface area (TPSA) is 29.4 Å². The van der Waals surface area contributed by atoms with Crippen LogP contribution in [-0.2, 0) is 9.73 Å². The standard InChI is InChI=1S/C18H21NOS/c1-3-16(17-10-6-4-7-11-17)14-15-21(20,19-2)18-12-8-5-9-13-18/h4-14H,3,15H2,1-2H3/b16-14-. The molecule has 0 N–H and O–H groups in total. The van der Waals surface area contributed by atoms with Crippen LogP contribution in [0.3, 0.4) is 0 Å². The van der Waals surface area contributed by atoms with Gasteiger partial charge in [0.15, 0.2) is 0 Å². The highest BCUT2D eigenvalue weighted by Gasteiger charge is 2.10. The van der Waals surface area contributed by atoms with Crippen LogP contribution in [0.25, 0.3) is 5.57 Å². The van der Waals surface area contributed by atoms with Crippen molar-refractivity contribution in [3.63, 3.8) is 0 Å². The molecule has 0 fully saturated rings. The van der Waals surface area contributed by atoms with E-state index in [1.54, 1.807) is 7.05 Å². The van der Waals surface area contributed by atoms with Gasteiger partial charge in [0.2, 0.25) is 0 Å². The molecule has 0 amide bonds. The van der Waals surface area contributed by atoms with Gasteiger partial charge in [0, 0.05) is 11.9 Å². The van der Waals surface area contributed by atoms with E-state index < -0.39 is 9.73 Å². The first kappa shape index (κ1) is 15.5. The van der Waals surface area contributed by atoms with Crippen LogP contribution in [0.5, 0.6) is 0 Å². The quantitative estimate of drug-likeness (QED) is 0.791. The van der Waals surface area contributed by atoms with Gasteiger partial charge in [0.05, 0.1) is 15.5 Å². The van der Waals surface area contributed by atoms with Crippen molar-refractivity contribution in [2.24, 2.45) is 4.36 Å². The third-order valence-electron chi connectivity index (χ3n) is 3.49. The van der Waals surface area contributed by atoms with E-state index in [-0.39, 0.29) is 0 Å². The Hall–Kier alpha value is -1.87. The Labute approximate surface area is 127 Å². The van der Waals surface area contributed by atoms with E-state index >= 15 is 0 Å². The summed E-state index contributed by atoms with van der Waals surface area (Å²) in [5, 5.41) is 0. The minimum Gasteiger partial charge on any atom is -0.244 e. The highest BCUT2D eigenvalue weighted by molar-refractivity contribution is 7.93. The summed E-state index contributed by atoms with van der Waals surface area (Å²) >= 11 is 0. The van der Waals surface area contributed by atoms with Crippen LogP contribution in [-0.4, -0.2) is 17.0 Å². The summed E-state index contributed by atoms with van der Waals surface area (Å²) in [5.41, 5.74) is 2.40. The molecular formula is C18H21NOS. The fraction of sp³-hybridized carbons (Fsp3) is 0.222. The molecule has 21 heavy (non-hydrogen) atoms. The number of hydrogen-bond acceptors (Lipinski definition) is 2. The van der Waals surface area contributed by atoms with Crippen LogP contribution in [0.15, 0.2) is 76.0 Å². The Morgan fingerprint density at radius 3 is 2.14 bits per heavy atom. The fourth-order valence-corrected chi connectivity index (χ4v) is 3.80. The van der Waals surface area contributed by atoms with Gasteiger partial charge in [-0.05, 0) is 29.7 Å². The summed E-state index contributed by atoms with van der Waals surface area (Å²) in [6.45, 7) is 2.12. The van der Waals surface area contributed by atoms with Crippen LogP contribution in [0.1, 0.15) is 18.9 Å². The molecule has 2 rings (SSSR count). The van der Waals surface area contributed by atoms with Crippen molar-refractivity contribution in [3.05, 3.63) is 72.3 Å². The molecule has 0 aliphatic carbocycles. The van der Waals surface area contributed by atoms with Crippen molar-refractivity contribution < 1.29 is 4.21 Å². The normalized spacial score (nSPS) is 14.5. The first-order valence-corrected chi connectivity index (χ1v) is 8.80. The van der Waals surface area contributed by atoms with Gasteiger partial charge in [0.1, 0.15) is 0 Å². The maximum absolute atomic E-state index is 13.0. The summed E-state index contributed by atoms with van der Waals surface area (Å²) in [6, 6.07) is 19.7. The van der Waals surface area contributed by atoms with E-state index in [1.807, 2.05) is 48.5 Å². The van der Waals surface area contributed by atoms with Gasteiger partial charge >= 0.3 is 0 Å². The molecule has 0 radical (unpaired) electrons. The second-order valence-corrected chi connectivity index (χ2v) is 7.20. The third-order valence-corrected chi connectivity index (χ3v) is 5.70. The summed E-state index contributed by atoms with van der Waals surface area (Å²) < 4.78 is 17.2. The van der Waals surface area contributed by atoms with Crippen molar-refractivity contribution >= 4 is 15.3 Å². The van der Waals surface area contributed by atoms with E-state index in [0.29, 0.717) is 5.75 Å². The molecule has 0 spiro atoms. The number of rotatable bonds is 5. The van der Waals surface area contributed by atoms with E-state index in [9.17, 15) is 4.21 Å². The lowest BCUT2D eigenvalue weighted by Gasteiger charge is -2.09. The number of nitrogens with zero attached hydrogens (tertiary/aromatic N) is 1. The van der Waals surface area contributed by atoms with Crippen molar-refractivity contribution in [1.82, 2.24) is 0 Å². The largest absolute Gasteiger partial charge is 0.244 e. The first-order chi connectivity index (χ1) is 10.2. The maximum atomic E-state index is 13.0. The summed E-state index contributed by atoms with van der Waals surface area (Å²) in [7, 11) is -0.734. The van der Waals surface area contributed by atoms with E-state index in [4.69, 9.17) is 0 Å². The van der Waals surface area contributed by atoms with Crippen LogP contribution < -0.4 is 0 Å². The molecule has 2 nitrogen and oxygen atoms in total. The van der Waals surface area contributed by atoms with Crippen LogP contribution >= 0.6 is 0 Å². The average Bonchev–Trinajstić information content (AvgIpc) is 2.57. The Bertz CT molecular complexity index is 711. The lowest BCUT2D eigenvalue weighted by atomic mass is 10.0. The smallest absolute Gasteiger partial charge is 0.0785 e. The summed E-state index contributed by atoms with van der Waals surface area (Å²) in [6.07, 6.45) is 2.98. The van der Waals surface area contributed by atoms with E-state index in [0.717, 1.165) is 11.3 Å². The molecule has 110 valence electrons. The average molecular weight is 299 g/mol. The lowest BCUT2D eigenvalue weighted by Crippen LogP contribution is -2.05. The van der Waals surface area contributed by atoms with Crippen LogP contribution in [0, 0.1) is 0 Å².